The highest BCUT2D eigenvalue weighted by atomic mass is 14.7. The number of hydrogen-bond donors (Lipinski definition) is 0. The number of hydrogen-bond acceptors (Lipinski definition) is 2. The van der Waals surface area contributed by atoms with Crippen LogP contribution >= 0.6 is 0 Å². The normalized spacial score (nSPS) is 11.2. The average molecular weight is 513 g/mol. The van der Waals surface area contributed by atoms with Crippen molar-refractivity contribution < 1.29 is 0 Å². The van der Waals surface area contributed by atoms with Crippen molar-refractivity contribution >= 4 is 21.5 Å². The van der Waals surface area contributed by atoms with Gasteiger partial charge in [-0.05, 0) is 87.0 Å². The van der Waals surface area contributed by atoms with Crippen LogP contribution in [0.1, 0.15) is 11.3 Å². The summed E-state index contributed by atoms with van der Waals surface area (Å²) >= 11 is 0. The molecule has 0 saturated heterocycles. The maximum absolute atomic E-state index is 4.69. The summed E-state index contributed by atoms with van der Waals surface area (Å²) in [5.74, 6) is 0. The quantitative estimate of drug-likeness (QED) is 0.219. The first kappa shape index (κ1) is 24.0. The number of aromatic nitrogens is 2. The molecule has 0 aliphatic heterocycles. The molecule has 0 amide bonds. The van der Waals surface area contributed by atoms with Gasteiger partial charge in [0.1, 0.15) is 0 Å². The van der Waals surface area contributed by atoms with E-state index in [1.165, 1.54) is 54.9 Å². The van der Waals surface area contributed by atoms with E-state index in [-0.39, 0.29) is 0 Å². The van der Waals surface area contributed by atoms with E-state index in [0.717, 1.165) is 22.5 Å². The van der Waals surface area contributed by atoms with Gasteiger partial charge in [0.05, 0.1) is 5.69 Å². The van der Waals surface area contributed by atoms with E-state index in [0.29, 0.717) is 0 Å². The second-order valence-electron chi connectivity index (χ2n) is 10.4. The lowest BCUT2D eigenvalue weighted by Gasteiger charge is -2.18. The Balaban J connectivity index is 1.45. The molecule has 0 atom stereocenters. The summed E-state index contributed by atoms with van der Waals surface area (Å²) in [4.78, 5) is 9.17. The lowest BCUT2D eigenvalue weighted by Crippen LogP contribution is -1.92. The largest absolute Gasteiger partial charge is 0.261 e. The summed E-state index contributed by atoms with van der Waals surface area (Å²) < 4.78 is 0. The monoisotopic (exact) mass is 512 g/mol. The Hall–Kier alpha value is -5.08. The second kappa shape index (κ2) is 9.91. The van der Waals surface area contributed by atoms with Crippen molar-refractivity contribution in [2.45, 2.75) is 13.8 Å². The van der Waals surface area contributed by atoms with Gasteiger partial charge in [0.25, 0.3) is 0 Å². The van der Waals surface area contributed by atoms with Gasteiger partial charge in [0.15, 0.2) is 0 Å². The van der Waals surface area contributed by atoms with E-state index in [4.69, 9.17) is 4.98 Å². The summed E-state index contributed by atoms with van der Waals surface area (Å²) in [7, 11) is 0. The van der Waals surface area contributed by atoms with Gasteiger partial charge < -0.3 is 0 Å². The predicted molar refractivity (Wildman–Crippen MR) is 168 cm³/mol. The molecule has 2 heteroatoms. The molecule has 2 heterocycles. The van der Waals surface area contributed by atoms with Gasteiger partial charge in [0.2, 0.25) is 0 Å². The first-order valence-corrected chi connectivity index (χ1v) is 13.7. The lowest BCUT2D eigenvalue weighted by atomic mass is 9.85. The molecule has 7 rings (SSSR count). The molecule has 0 saturated carbocycles. The molecule has 40 heavy (non-hydrogen) atoms. The minimum atomic E-state index is 1.03. The van der Waals surface area contributed by atoms with Crippen LogP contribution in [0.5, 0.6) is 0 Å². The maximum atomic E-state index is 4.69. The Kier molecular flexibility index (Phi) is 5.94. The summed E-state index contributed by atoms with van der Waals surface area (Å²) in [5.41, 5.74) is 11.6. The SMILES string of the molecule is Cc1ccc(-c2ccc(-c3c4ccccc4c(-c4cccc(-c5ncccc5C)c4)c4ccccc34)cc2)cn1. The minimum Gasteiger partial charge on any atom is -0.261 e. The molecule has 5 aromatic carbocycles. The molecule has 190 valence electrons. The maximum Gasteiger partial charge on any atom is 0.0731 e. The third-order valence-electron chi connectivity index (χ3n) is 7.78. The number of fused-ring (bicyclic) bond motifs is 2. The van der Waals surface area contributed by atoms with Crippen LogP contribution in [-0.4, -0.2) is 9.97 Å². The molecule has 0 N–H and O–H groups in total. The van der Waals surface area contributed by atoms with Gasteiger partial charge >= 0.3 is 0 Å². The van der Waals surface area contributed by atoms with Crippen molar-refractivity contribution in [1.82, 2.24) is 9.97 Å². The number of pyridine rings is 2. The zero-order chi connectivity index (χ0) is 27.1. The van der Waals surface area contributed by atoms with E-state index in [9.17, 15) is 0 Å². The third-order valence-corrected chi connectivity index (χ3v) is 7.78. The summed E-state index contributed by atoms with van der Waals surface area (Å²) in [6.45, 7) is 4.14. The van der Waals surface area contributed by atoms with E-state index in [1.807, 2.05) is 25.4 Å². The van der Waals surface area contributed by atoms with E-state index in [2.05, 4.69) is 127 Å². The van der Waals surface area contributed by atoms with Crippen molar-refractivity contribution in [1.29, 1.82) is 0 Å². The highest BCUT2D eigenvalue weighted by Crippen LogP contribution is 2.44. The predicted octanol–water partition coefficient (Wildman–Crippen LogP) is 10.1. The standard InChI is InChI=1S/C38H28N2/c1-25-9-8-22-39-38(25)30-11-7-10-29(23-30)37-34-14-5-3-12-32(34)36(33-13-4-6-15-35(33)37)28-20-18-27(19-21-28)31-17-16-26(2)40-24-31/h3-24H,1-2H3. The van der Waals surface area contributed by atoms with Crippen LogP contribution in [0.25, 0.3) is 66.2 Å². The highest BCUT2D eigenvalue weighted by molar-refractivity contribution is 6.21. The molecule has 7 aromatic rings. The Morgan fingerprint density at radius 2 is 1.00 bits per heavy atom. The molecule has 0 unspecified atom stereocenters. The summed E-state index contributed by atoms with van der Waals surface area (Å²) in [6, 6.07) is 43.6. The molecule has 0 bridgehead atoms. The highest BCUT2D eigenvalue weighted by Gasteiger charge is 2.17. The van der Waals surface area contributed by atoms with E-state index >= 15 is 0 Å². The number of nitrogens with zero attached hydrogens (tertiary/aromatic N) is 2. The van der Waals surface area contributed by atoms with Gasteiger partial charge in [-0.2, -0.15) is 0 Å². The Morgan fingerprint density at radius 1 is 0.425 bits per heavy atom. The molecule has 0 radical (unpaired) electrons. The molecule has 2 aromatic heterocycles. The van der Waals surface area contributed by atoms with Crippen LogP contribution in [0.3, 0.4) is 0 Å². The van der Waals surface area contributed by atoms with E-state index < -0.39 is 0 Å². The first-order valence-electron chi connectivity index (χ1n) is 13.7. The van der Waals surface area contributed by atoms with Crippen molar-refractivity contribution in [3.63, 3.8) is 0 Å². The molecule has 2 nitrogen and oxygen atoms in total. The zero-order valence-corrected chi connectivity index (χ0v) is 22.6. The smallest absolute Gasteiger partial charge is 0.0731 e. The first-order chi connectivity index (χ1) is 19.7. The molecule has 0 spiro atoms. The second-order valence-corrected chi connectivity index (χ2v) is 10.4. The van der Waals surface area contributed by atoms with E-state index in [1.54, 1.807) is 0 Å². The third kappa shape index (κ3) is 4.15. The fourth-order valence-electron chi connectivity index (χ4n) is 5.83. The van der Waals surface area contributed by atoms with Crippen LogP contribution in [0.4, 0.5) is 0 Å². The lowest BCUT2D eigenvalue weighted by molar-refractivity contribution is 1.20. The van der Waals surface area contributed by atoms with Crippen LogP contribution < -0.4 is 0 Å². The number of benzene rings is 5. The van der Waals surface area contributed by atoms with Crippen LogP contribution in [0, 0.1) is 13.8 Å². The molecular formula is C38H28N2. The number of aryl methyl sites for hydroxylation is 2. The van der Waals surface area contributed by atoms with Crippen molar-refractivity contribution in [2.75, 3.05) is 0 Å². The summed E-state index contributed by atoms with van der Waals surface area (Å²) in [6.07, 6.45) is 3.82. The van der Waals surface area contributed by atoms with Crippen molar-refractivity contribution in [2.24, 2.45) is 0 Å². The topological polar surface area (TPSA) is 25.8 Å². The molecule has 0 aliphatic carbocycles. The van der Waals surface area contributed by atoms with Gasteiger partial charge in [-0.1, -0.05) is 103 Å². The van der Waals surface area contributed by atoms with Gasteiger partial charge in [0, 0.05) is 29.2 Å². The molecular weight excluding hydrogens is 484 g/mol. The van der Waals surface area contributed by atoms with Crippen molar-refractivity contribution in [3.8, 4) is 44.6 Å². The Labute approximate surface area is 234 Å². The minimum absolute atomic E-state index is 1.03. The van der Waals surface area contributed by atoms with Gasteiger partial charge in [-0.25, -0.2) is 0 Å². The summed E-state index contributed by atoms with van der Waals surface area (Å²) in [5, 5.41) is 5.00. The Bertz CT molecular complexity index is 1950. The van der Waals surface area contributed by atoms with Gasteiger partial charge in [-0.3, -0.25) is 9.97 Å². The Morgan fingerprint density at radius 3 is 1.60 bits per heavy atom. The van der Waals surface area contributed by atoms with Crippen LogP contribution in [0.15, 0.2) is 134 Å². The van der Waals surface area contributed by atoms with Crippen molar-refractivity contribution in [3.05, 3.63) is 145 Å². The zero-order valence-electron chi connectivity index (χ0n) is 22.6. The van der Waals surface area contributed by atoms with Crippen LogP contribution in [-0.2, 0) is 0 Å². The van der Waals surface area contributed by atoms with Gasteiger partial charge in [-0.15, -0.1) is 0 Å². The fraction of sp³-hybridized carbons (Fsp3) is 0.0526. The number of rotatable bonds is 4. The average Bonchev–Trinajstić information content (AvgIpc) is 3.00. The van der Waals surface area contributed by atoms with Crippen LogP contribution in [0.2, 0.25) is 0 Å². The fourth-order valence-corrected chi connectivity index (χ4v) is 5.83. The molecule has 0 aliphatic rings. The molecule has 0 fully saturated rings.